The molecule has 3 nitrogen and oxygen atoms in total. The summed E-state index contributed by atoms with van der Waals surface area (Å²) in [7, 11) is 0. The van der Waals surface area contributed by atoms with Crippen molar-refractivity contribution in [1.82, 2.24) is 5.32 Å². The Kier molecular flexibility index (Phi) is 4.96. The predicted molar refractivity (Wildman–Crippen MR) is 66.8 cm³/mol. The number of esters is 1. The molecule has 1 N–H and O–H groups in total. The second-order valence-corrected chi connectivity index (χ2v) is 5.24. The molecule has 0 amide bonds. The minimum atomic E-state index is -0.195. The van der Waals surface area contributed by atoms with Crippen LogP contribution >= 0.6 is 11.3 Å². The van der Waals surface area contributed by atoms with Gasteiger partial charge in [-0.1, -0.05) is 0 Å². The molecule has 1 atom stereocenters. The molecule has 0 aromatic carbocycles. The molecule has 1 rings (SSSR count). The number of thiophene rings is 1. The predicted octanol–water partition coefficient (Wildman–Crippen LogP) is 2.58. The van der Waals surface area contributed by atoms with Gasteiger partial charge in [0.25, 0.3) is 0 Å². The van der Waals surface area contributed by atoms with Crippen LogP contribution in [0.4, 0.5) is 0 Å². The van der Waals surface area contributed by atoms with Crippen molar-refractivity contribution >= 4 is 17.3 Å². The normalized spacial score (nSPS) is 12.5. The molecular formula is C12H19NO2S. The number of hydrogen-bond donors (Lipinski definition) is 1. The van der Waals surface area contributed by atoms with E-state index in [2.05, 4.69) is 32.2 Å². The topological polar surface area (TPSA) is 38.3 Å². The van der Waals surface area contributed by atoms with Crippen LogP contribution in [0, 0.1) is 13.8 Å². The molecule has 0 saturated carbocycles. The van der Waals surface area contributed by atoms with Crippen LogP contribution in [-0.4, -0.2) is 19.1 Å². The van der Waals surface area contributed by atoms with Crippen LogP contribution in [0.5, 0.6) is 0 Å². The van der Waals surface area contributed by atoms with Crippen molar-refractivity contribution in [3.63, 3.8) is 0 Å². The van der Waals surface area contributed by atoms with Crippen LogP contribution in [-0.2, 0) is 9.53 Å². The van der Waals surface area contributed by atoms with Gasteiger partial charge in [-0.2, -0.15) is 0 Å². The van der Waals surface area contributed by atoms with E-state index in [9.17, 15) is 4.79 Å². The lowest BCUT2D eigenvalue weighted by molar-refractivity contribution is -0.142. The second-order valence-electron chi connectivity index (χ2n) is 3.78. The monoisotopic (exact) mass is 241 g/mol. The van der Waals surface area contributed by atoms with Gasteiger partial charge in [-0.3, -0.25) is 4.79 Å². The maximum atomic E-state index is 11.2. The Morgan fingerprint density at radius 1 is 1.56 bits per heavy atom. The summed E-state index contributed by atoms with van der Waals surface area (Å²) in [5.41, 5.74) is 1.27. The van der Waals surface area contributed by atoms with Crippen molar-refractivity contribution in [2.24, 2.45) is 0 Å². The Bertz CT molecular complexity index is 360. The lowest BCUT2D eigenvalue weighted by Gasteiger charge is -2.13. The van der Waals surface area contributed by atoms with E-state index in [1.807, 2.05) is 6.92 Å². The molecule has 16 heavy (non-hydrogen) atoms. The highest BCUT2D eigenvalue weighted by molar-refractivity contribution is 7.12. The van der Waals surface area contributed by atoms with Crippen LogP contribution in [0.15, 0.2) is 6.07 Å². The van der Waals surface area contributed by atoms with Crippen molar-refractivity contribution < 1.29 is 9.53 Å². The number of ether oxygens (including phenoxy) is 1. The molecule has 0 radical (unpaired) electrons. The average molecular weight is 241 g/mol. The van der Waals surface area contributed by atoms with Gasteiger partial charge in [0.05, 0.1) is 13.2 Å². The highest BCUT2D eigenvalue weighted by atomic mass is 32.1. The van der Waals surface area contributed by atoms with Crippen LogP contribution < -0.4 is 5.32 Å². The first-order chi connectivity index (χ1) is 7.54. The van der Waals surface area contributed by atoms with Gasteiger partial charge in [0.1, 0.15) is 0 Å². The first-order valence-corrected chi connectivity index (χ1v) is 6.32. The molecule has 1 heterocycles. The third kappa shape index (κ3) is 3.61. The Morgan fingerprint density at radius 3 is 2.75 bits per heavy atom. The summed E-state index contributed by atoms with van der Waals surface area (Å²) in [6.07, 6.45) is 0. The molecule has 0 bridgehead atoms. The molecule has 0 aliphatic heterocycles. The van der Waals surface area contributed by atoms with Gasteiger partial charge in [0.2, 0.25) is 0 Å². The maximum Gasteiger partial charge on any atom is 0.319 e. The van der Waals surface area contributed by atoms with Gasteiger partial charge in [-0.25, -0.2) is 0 Å². The number of nitrogens with one attached hydrogen (secondary N) is 1. The fourth-order valence-corrected chi connectivity index (χ4v) is 2.66. The standard InChI is InChI=1S/C12H19NO2S/c1-5-15-12(14)7-13-9(3)11-6-8(2)16-10(11)4/h6,9,13H,5,7H2,1-4H3. The zero-order chi connectivity index (χ0) is 12.1. The zero-order valence-electron chi connectivity index (χ0n) is 10.3. The fraction of sp³-hybridized carbons (Fsp3) is 0.583. The highest BCUT2D eigenvalue weighted by Gasteiger charge is 2.12. The van der Waals surface area contributed by atoms with Crippen LogP contribution in [0.1, 0.15) is 35.2 Å². The summed E-state index contributed by atoms with van der Waals surface area (Å²) in [6.45, 7) is 8.78. The molecule has 1 unspecified atom stereocenters. The Labute approximate surface area is 101 Å². The van der Waals surface area contributed by atoms with Gasteiger partial charge in [-0.15, -0.1) is 11.3 Å². The highest BCUT2D eigenvalue weighted by Crippen LogP contribution is 2.25. The smallest absolute Gasteiger partial charge is 0.319 e. The number of hydrogen-bond acceptors (Lipinski definition) is 4. The molecule has 1 aromatic rings. The number of aryl methyl sites for hydroxylation is 2. The Balaban J connectivity index is 2.49. The van der Waals surface area contributed by atoms with Gasteiger partial charge in [0, 0.05) is 15.8 Å². The van der Waals surface area contributed by atoms with E-state index >= 15 is 0 Å². The molecule has 0 aliphatic rings. The van der Waals surface area contributed by atoms with Crippen molar-refractivity contribution in [2.75, 3.05) is 13.2 Å². The fourth-order valence-electron chi connectivity index (χ4n) is 1.64. The van der Waals surface area contributed by atoms with Gasteiger partial charge in [-0.05, 0) is 39.3 Å². The molecule has 1 aromatic heterocycles. The van der Waals surface area contributed by atoms with Gasteiger partial charge < -0.3 is 10.1 Å². The number of carbonyl (C=O) groups is 1. The molecule has 4 heteroatoms. The van der Waals surface area contributed by atoms with Crippen molar-refractivity contribution in [2.45, 2.75) is 33.7 Å². The number of rotatable bonds is 5. The third-order valence-corrected chi connectivity index (χ3v) is 3.39. The largest absolute Gasteiger partial charge is 0.465 e. The van der Waals surface area contributed by atoms with E-state index in [0.29, 0.717) is 6.61 Å². The first-order valence-electron chi connectivity index (χ1n) is 5.50. The van der Waals surface area contributed by atoms with E-state index < -0.39 is 0 Å². The van der Waals surface area contributed by atoms with Gasteiger partial charge in [0.15, 0.2) is 0 Å². The minimum absolute atomic E-state index is 0.189. The summed E-state index contributed by atoms with van der Waals surface area (Å²) in [6, 6.07) is 2.36. The van der Waals surface area contributed by atoms with Crippen LogP contribution in [0.25, 0.3) is 0 Å². The number of carbonyl (C=O) groups excluding carboxylic acids is 1. The SMILES string of the molecule is CCOC(=O)CNC(C)c1cc(C)sc1C. The van der Waals surface area contributed by atoms with E-state index in [1.54, 1.807) is 11.3 Å². The van der Waals surface area contributed by atoms with Crippen LogP contribution in [0.3, 0.4) is 0 Å². The lowest BCUT2D eigenvalue weighted by Crippen LogP contribution is -2.27. The summed E-state index contributed by atoms with van der Waals surface area (Å²) in [4.78, 5) is 13.8. The lowest BCUT2D eigenvalue weighted by atomic mass is 10.1. The van der Waals surface area contributed by atoms with Crippen LogP contribution in [0.2, 0.25) is 0 Å². The molecule has 0 fully saturated rings. The van der Waals surface area contributed by atoms with Crippen molar-refractivity contribution in [3.8, 4) is 0 Å². The van der Waals surface area contributed by atoms with Gasteiger partial charge >= 0.3 is 5.97 Å². The van der Waals surface area contributed by atoms with E-state index in [0.717, 1.165) is 0 Å². The summed E-state index contributed by atoms with van der Waals surface area (Å²) < 4.78 is 4.86. The summed E-state index contributed by atoms with van der Waals surface area (Å²) in [5.74, 6) is -0.195. The molecule has 0 spiro atoms. The van der Waals surface area contributed by atoms with E-state index in [1.165, 1.54) is 15.3 Å². The third-order valence-electron chi connectivity index (χ3n) is 2.40. The van der Waals surface area contributed by atoms with Crippen molar-refractivity contribution in [3.05, 3.63) is 21.4 Å². The molecular weight excluding hydrogens is 222 g/mol. The minimum Gasteiger partial charge on any atom is -0.465 e. The first kappa shape index (κ1) is 13.2. The van der Waals surface area contributed by atoms with Crippen molar-refractivity contribution in [1.29, 1.82) is 0 Å². The average Bonchev–Trinajstić information content (AvgIpc) is 2.55. The summed E-state index contributed by atoms with van der Waals surface area (Å²) >= 11 is 1.79. The summed E-state index contributed by atoms with van der Waals surface area (Å²) in [5, 5.41) is 3.17. The second kappa shape index (κ2) is 6.01. The Morgan fingerprint density at radius 2 is 2.25 bits per heavy atom. The zero-order valence-corrected chi connectivity index (χ0v) is 11.1. The van der Waals surface area contributed by atoms with E-state index in [4.69, 9.17) is 4.74 Å². The Hall–Kier alpha value is -0.870. The molecule has 0 saturated heterocycles. The van der Waals surface area contributed by atoms with E-state index in [-0.39, 0.29) is 18.6 Å². The maximum absolute atomic E-state index is 11.2. The quantitative estimate of drug-likeness (QED) is 0.805. The molecule has 0 aliphatic carbocycles. The molecule has 90 valence electrons.